The van der Waals surface area contributed by atoms with Crippen molar-refractivity contribution in [2.75, 3.05) is 19.7 Å². The lowest BCUT2D eigenvalue weighted by Gasteiger charge is -2.18. The van der Waals surface area contributed by atoms with Crippen LogP contribution >= 0.6 is 0 Å². The Morgan fingerprint density at radius 3 is 2.36 bits per heavy atom. The van der Waals surface area contributed by atoms with Gasteiger partial charge >= 0.3 is 0 Å². The second kappa shape index (κ2) is 7.68. The van der Waals surface area contributed by atoms with E-state index in [0.29, 0.717) is 24.4 Å². The summed E-state index contributed by atoms with van der Waals surface area (Å²) in [7, 11) is -3.48. The molecule has 4 nitrogen and oxygen atoms in total. The van der Waals surface area contributed by atoms with E-state index in [1.54, 1.807) is 16.4 Å². The van der Waals surface area contributed by atoms with Gasteiger partial charge in [0.05, 0.1) is 4.90 Å². The van der Waals surface area contributed by atoms with Gasteiger partial charge in [-0.1, -0.05) is 48.0 Å². The lowest BCUT2D eigenvalue weighted by molar-refractivity contribution is 0.269. The van der Waals surface area contributed by atoms with Gasteiger partial charge in [0.15, 0.2) is 0 Å². The van der Waals surface area contributed by atoms with Crippen LogP contribution in [-0.2, 0) is 10.0 Å². The van der Waals surface area contributed by atoms with Gasteiger partial charge < -0.3 is 5.11 Å². The van der Waals surface area contributed by atoms with Gasteiger partial charge in [0.2, 0.25) is 10.0 Å². The Morgan fingerprint density at radius 1 is 1.04 bits per heavy atom. The summed E-state index contributed by atoms with van der Waals surface area (Å²) in [5.41, 5.74) is 2.22. The van der Waals surface area contributed by atoms with E-state index in [4.69, 9.17) is 0 Å². The van der Waals surface area contributed by atoms with Crippen LogP contribution in [0, 0.1) is 12.8 Å². The number of aliphatic hydroxyl groups is 1. The number of hydrogen-bond acceptors (Lipinski definition) is 3. The predicted molar refractivity (Wildman–Crippen MR) is 98.9 cm³/mol. The highest BCUT2D eigenvalue weighted by molar-refractivity contribution is 7.89. The topological polar surface area (TPSA) is 57.6 Å². The standard InChI is InChI=1S/C20H25NO3S/c1-16-9-11-19(12-10-16)25(23,24)21-14-18(8-5-13-22)20(15-21)17-6-3-2-4-7-17/h2-4,6-7,9-12,18,20,22H,5,8,13-15H2,1H3/t18-,20-/m0/s1. The molecule has 134 valence electrons. The summed E-state index contributed by atoms with van der Waals surface area (Å²) in [5, 5.41) is 9.18. The van der Waals surface area contributed by atoms with Crippen LogP contribution in [0.1, 0.15) is 29.9 Å². The summed E-state index contributed by atoms with van der Waals surface area (Å²) in [6, 6.07) is 17.1. The number of aliphatic hydroxyl groups excluding tert-OH is 1. The maximum absolute atomic E-state index is 13.0. The summed E-state index contributed by atoms with van der Waals surface area (Å²) >= 11 is 0. The molecule has 0 amide bonds. The van der Waals surface area contributed by atoms with Gasteiger partial charge in [-0.15, -0.1) is 0 Å². The van der Waals surface area contributed by atoms with Crippen LogP contribution in [0.4, 0.5) is 0 Å². The maximum atomic E-state index is 13.0. The molecule has 0 aromatic heterocycles. The second-order valence-electron chi connectivity index (χ2n) is 6.78. The first-order chi connectivity index (χ1) is 12.0. The molecule has 0 spiro atoms. The summed E-state index contributed by atoms with van der Waals surface area (Å²) < 4.78 is 27.6. The minimum atomic E-state index is -3.48. The molecule has 1 heterocycles. The quantitative estimate of drug-likeness (QED) is 0.862. The van der Waals surface area contributed by atoms with Crippen molar-refractivity contribution in [3.63, 3.8) is 0 Å². The SMILES string of the molecule is Cc1ccc(S(=O)(=O)N2C[C@H](CCCO)[C@H](c3ccccc3)C2)cc1. The number of hydrogen-bond donors (Lipinski definition) is 1. The largest absolute Gasteiger partial charge is 0.396 e. The van der Waals surface area contributed by atoms with Gasteiger partial charge in [0.1, 0.15) is 0 Å². The van der Waals surface area contributed by atoms with Gasteiger partial charge in [0.25, 0.3) is 0 Å². The monoisotopic (exact) mass is 359 g/mol. The molecule has 2 aromatic rings. The van der Waals surface area contributed by atoms with Crippen molar-refractivity contribution in [3.05, 3.63) is 65.7 Å². The van der Waals surface area contributed by atoms with Crippen LogP contribution in [0.25, 0.3) is 0 Å². The minimum Gasteiger partial charge on any atom is -0.396 e. The van der Waals surface area contributed by atoms with Crippen molar-refractivity contribution < 1.29 is 13.5 Å². The molecule has 1 aliphatic rings. The van der Waals surface area contributed by atoms with Crippen molar-refractivity contribution in [2.24, 2.45) is 5.92 Å². The molecule has 25 heavy (non-hydrogen) atoms. The third-order valence-electron chi connectivity index (χ3n) is 5.03. The second-order valence-corrected chi connectivity index (χ2v) is 8.72. The van der Waals surface area contributed by atoms with Gasteiger partial charge in [-0.25, -0.2) is 8.42 Å². The zero-order chi connectivity index (χ0) is 17.9. The number of benzene rings is 2. The fourth-order valence-electron chi connectivity index (χ4n) is 3.61. The first-order valence-corrected chi connectivity index (χ1v) is 10.2. The van der Waals surface area contributed by atoms with E-state index in [1.807, 2.05) is 37.3 Å². The fourth-order valence-corrected chi connectivity index (χ4v) is 5.13. The smallest absolute Gasteiger partial charge is 0.243 e. The van der Waals surface area contributed by atoms with E-state index in [-0.39, 0.29) is 18.4 Å². The van der Waals surface area contributed by atoms with Gasteiger partial charge in [0, 0.05) is 25.6 Å². The molecule has 0 unspecified atom stereocenters. The van der Waals surface area contributed by atoms with E-state index in [9.17, 15) is 13.5 Å². The average molecular weight is 359 g/mol. The molecule has 0 bridgehead atoms. The molecular weight excluding hydrogens is 334 g/mol. The molecule has 0 aliphatic carbocycles. The van der Waals surface area contributed by atoms with E-state index >= 15 is 0 Å². The number of sulfonamides is 1. The van der Waals surface area contributed by atoms with Crippen molar-refractivity contribution >= 4 is 10.0 Å². The molecule has 0 radical (unpaired) electrons. The summed E-state index contributed by atoms with van der Waals surface area (Å²) in [4.78, 5) is 0.354. The highest BCUT2D eigenvalue weighted by atomic mass is 32.2. The first-order valence-electron chi connectivity index (χ1n) is 8.75. The Morgan fingerprint density at radius 2 is 1.72 bits per heavy atom. The highest BCUT2D eigenvalue weighted by Crippen LogP contribution is 2.38. The normalized spacial score (nSPS) is 21.5. The molecule has 2 atom stereocenters. The summed E-state index contributed by atoms with van der Waals surface area (Å²) in [5.74, 6) is 0.405. The van der Waals surface area contributed by atoms with Crippen molar-refractivity contribution in [3.8, 4) is 0 Å². The van der Waals surface area contributed by atoms with E-state index in [1.165, 1.54) is 5.56 Å². The molecule has 3 rings (SSSR count). The predicted octanol–water partition coefficient (Wildman–Crippen LogP) is 3.17. The molecular formula is C20H25NO3S. The van der Waals surface area contributed by atoms with E-state index < -0.39 is 10.0 Å². The van der Waals surface area contributed by atoms with Crippen LogP contribution in [0.2, 0.25) is 0 Å². The Labute approximate surface area is 150 Å². The Bertz CT molecular complexity index is 787. The maximum Gasteiger partial charge on any atom is 0.243 e. The van der Waals surface area contributed by atoms with Crippen LogP contribution in [-0.4, -0.2) is 37.5 Å². The van der Waals surface area contributed by atoms with Gasteiger partial charge in [-0.05, 0) is 43.4 Å². The van der Waals surface area contributed by atoms with Crippen molar-refractivity contribution in [2.45, 2.75) is 30.6 Å². The molecule has 1 N–H and O–H groups in total. The lowest BCUT2D eigenvalue weighted by Crippen LogP contribution is -2.29. The summed E-state index contributed by atoms with van der Waals surface area (Å²) in [6.45, 7) is 3.09. The molecule has 0 saturated carbocycles. The molecule has 5 heteroatoms. The fraction of sp³-hybridized carbons (Fsp3) is 0.400. The molecule has 1 saturated heterocycles. The summed E-state index contributed by atoms with van der Waals surface area (Å²) in [6.07, 6.45) is 1.53. The minimum absolute atomic E-state index is 0.142. The number of aryl methyl sites for hydroxylation is 1. The highest BCUT2D eigenvalue weighted by Gasteiger charge is 2.39. The van der Waals surface area contributed by atoms with Crippen LogP contribution in [0.5, 0.6) is 0 Å². The van der Waals surface area contributed by atoms with Gasteiger partial charge in [-0.2, -0.15) is 4.31 Å². The molecule has 2 aromatic carbocycles. The Balaban J connectivity index is 1.86. The van der Waals surface area contributed by atoms with Crippen LogP contribution < -0.4 is 0 Å². The zero-order valence-electron chi connectivity index (χ0n) is 14.5. The van der Waals surface area contributed by atoms with Gasteiger partial charge in [-0.3, -0.25) is 0 Å². The molecule has 1 aliphatic heterocycles. The average Bonchev–Trinajstić information content (AvgIpc) is 3.06. The van der Waals surface area contributed by atoms with Crippen LogP contribution in [0.3, 0.4) is 0 Å². The van der Waals surface area contributed by atoms with Crippen LogP contribution in [0.15, 0.2) is 59.5 Å². The van der Waals surface area contributed by atoms with Crippen molar-refractivity contribution in [1.29, 1.82) is 0 Å². The van der Waals surface area contributed by atoms with Crippen molar-refractivity contribution in [1.82, 2.24) is 4.31 Å². The van der Waals surface area contributed by atoms with E-state index in [0.717, 1.165) is 12.0 Å². The third kappa shape index (κ3) is 3.94. The first kappa shape index (κ1) is 18.1. The Hall–Kier alpha value is -1.69. The third-order valence-corrected chi connectivity index (χ3v) is 6.87. The van der Waals surface area contributed by atoms with E-state index in [2.05, 4.69) is 12.1 Å². The lowest BCUT2D eigenvalue weighted by atomic mass is 9.86. The Kier molecular flexibility index (Phi) is 5.57. The molecule has 1 fully saturated rings. The number of rotatable bonds is 6. The number of nitrogens with zero attached hydrogens (tertiary/aromatic N) is 1. The zero-order valence-corrected chi connectivity index (χ0v) is 15.3.